The van der Waals surface area contributed by atoms with Gasteiger partial charge in [-0.2, -0.15) is 5.10 Å². The van der Waals surface area contributed by atoms with Crippen molar-refractivity contribution in [3.63, 3.8) is 0 Å². The van der Waals surface area contributed by atoms with E-state index in [1.54, 1.807) is 12.4 Å². The number of halogens is 1. The maximum Gasteiger partial charge on any atom is 0.123 e. The molecule has 2 aromatic rings. The molecule has 4 nitrogen and oxygen atoms in total. The van der Waals surface area contributed by atoms with Crippen molar-refractivity contribution >= 4 is 17.9 Å². The lowest BCUT2D eigenvalue weighted by molar-refractivity contribution is -0.114. The van der Waals surface area contributed by atoms with Crippen LogP contribution in [-0.4, -0.2) is 21.1 Å². The molecule has 92 valence electrons. The molecule has 0 radical (unpaired) electrons. The number of carbonyl (C=O) groups excluding carboxylic acids is 1. The molecule has 2 heterocycles. The summed E-state index contributed by atoms with van der Waals surface area (Å²) in [6.07, 6.45) is 8.20. The summed E-state index contributed by atoms with van der Waals surface area (Å²) in [5.41, 5.74) is 1.83. The maximum absolute atomic E-state index is 10.6. The summed E-state index contributed by atoms with van der Waals surface area (Å²) in [5, 5.41) is 4.96. The van der Waals surface area contributed by atoms with Crippen LogP contribution >= 0.6 is 11.6 Å². The molecule has 18 heavy (non-hydrogen) atoms. The van der Waals surface area contributed by atoms with Crippen LogP contribution in [0.25, 0.3) is 11.3 Å². The molecule has 2 aromatic heterocycles. The van der Waals surface area contributed by atoms with Crippen molar-refractivity contribution in [2.24, 2.45) is 5.92 Å². The van der Waals surface area contributed by atoms with Gasteiger partial charge in [0.25, 0.3) is 0 Å². The molecule has 1 fully saturated rings. The zero-order chi connectivity index (χ0) is 12.5. The summed E-state index contributed by atoms with van der Waals surface area (Å²) >= 11 is 5.80. The van der Waals surface area contributed by atoms with Crippen LogP contribution < -0.4 is 0 Å². The molecule has 0 N–H and O–H groups in total. The van der Waals surface area contributed by atoms with Crippen LogP contribution in [0.3, 0.4) is 0 Å². The zero-order valence-electron chi connectivity index (χ0n) is 9.66. The molecular formula is C13H12ClN3O. The zero-order valence-corrected chi connectivity index (χ0v) is 10.4. The molecule has 0 spiro atoms. The standard InChI is InChI=1S/C13H12ClN3O/c14-11-1-2-13(15-6-11)10-5-16-17(7-10)12-3-9(4-12)8-18/h1-2,5-9,12H,3-4H2. The van der Waals surface area contributed by atoms with Gasteiger partial charge in [0.05, 0.1) is 23.0 Å². The Hall–Kier alpha value is -1.68. The van der Waals surface area contributed by atoms with Gasteiger partial charge >= 0.3 is 0 Å². The number of hydrogen-bond acceptors (Lipinski definition) is 3. The number of aldehydes is 1. The van der Waals surface area contributed by atoms with Crippen LogP contribution in [0.15, 0.2) is 30.7 Å². The fourth-order valence-electron chi connectivity index (χ4n) is 2.17. The molecular weight excluding hydrogens is 250 g/mol. The quantitative estimate of drug-likeness (QED) is 0.798. The molecule has 1 aliphatic carbocycles. The Bertz CT molecular complexity index is 558. The Labute approximate surface area is 110 Å². The van der Waals surface area contributed by atoms with E-state index >= 15 is 0 Å². The third-order valence-electron chi connectivity index (χ3n) is 3.34. The minimum absolute atomic E-state index is 0.205. The van der Waals surface area contributed by atoms with E-state index in [9.17, 15) is 4.79 Å². The van der Waals surface area contributed by atoms with Gasteiger partial charge in [-0.25, -0.2) is 0 Å². The highest BCUT2D eigenvalue weighted by atomic mass is 35.5. The fraction of sp³-hybridized carbons (Fsp3) is 0.308. The average molecular weight is 262 g/mol. The van der Waals surface area contributed by atoms with Crippen LogP contribution in [0.5, 0.6) is 0 Å². The Morgan fingerprint density at radius 2 is 2.17 bits per heavy atom. The van der Waals surface area contributed by atoms with Crippen molar-refractivity contribution in [2.45, 2.75) is 18.9 Å². The number of rotatable bonds is 3. The molecule has 1 aliphatic rings. The van der Waals surface area contributed by atoms with Crippen molar-refractivity contribution in [2.75, 3.05) is 0 Å². The van der Waals surface area contributed by atoms with Crippen LogP contribution in [0.4, 0.5) is 0 Å². The molecule has 3 rings (SSSR count). The van der Waals surface area contributed by atoms with Gasteiger partial charge in [-0.1, -0.05) is 11.6 Å². The van der Waals surface area contributed by atoms with Crippen LogP contribution in [0.1, 0.15) is 18.9 Å². The van der Waals surface area contributed by atoms with Gasteiger partial charge in [0.2, 0.25) is 0 Å². The second-order valence-corrected chi connectivity index (χ2v) is 5.03. The van der Waals surface area contributed by atoms with Gasteiger partial charge in [-0.3, -0.25) is 9.67 Å². The molecule has 0 unspecified atom stereocenters. The van der Waals surface area contributed by atoms with Crippen molar-refractivity contribution in [1.29, 1.82) is 0 Å². The molecule has 0 aromatic carbocycles. The van der Waals surface area contributed by atoms with Gasteiger partial charge in [-0.15, -0.1) is 0 Å². The minimum Gasteiger partial charge on any atom is -0.303 e. The van der Waals surface area contributed by atoms with E-state index in [2.05, 4.69) is 10.1 Å². The van der Waals surface area contributed by atoms with Crippen LogP contribution in [-0.2, 0) is 4.79 Å². The Balaban J connectivity index is 1.77. The van der Waals surface area contributed by atoms with E-state index < -0.39 is 0 Å². The molecule has 0 aliphatic heterocycles. The van der Waals surface area contributed by atoms with Gasteiger partial charge in [-0.05, 0) is 25.0 Å². The van der Waals surface area contributed by atoms with Crippen molar-refractivity contribution in [1.82, 2.24) is 14.8 Å². The average Bonchev–Trinajstić information content (AvgIpc) is 2.78. The first kappa shape index (κ1) is 11.4. The van der Waals surface area contributed by atoms with Crippen molar-refractivity contribution in [3.8, 4) is 11.3 Å². The van der Waals surface area contributed by atoms with E-state index in [1.807, 2.05) is 23.0 Å². The van der Waals surface area contributed by atoms with Gasteiger partial charge in [0.1, 0.15) is 6.29 Å². The summed E-state index contributed by atoms with van der Waals surface area (Å²) < 4.78 is 1.92. The molecule has 1 saturated carbocycles. The van der Waals surface area contributed by atoms with Crippen molar-refractivity contribution < 1.29 is 4.79 Å². The van der Waals surface area contributed by atoms with E-state index in [1.165, 1.54) is 0 Å². The molecule has 0 amide bonds. The number of carbonyl (C=O) groups is 1. The molecule has 0 atom stereocenters. The topological polar surface area (TPSA) is 47.8 Å². The second kappa shape index (κ2) is 4.53. The first-order chi connectivity index (χ1) is 8.76. The van der Waals surface area contributed by atoms with Gasteiger partial charge in [0.15, 0.2) is 0 Å². The lowest BCUT2D eigenvalue weighted by atomic mass is 9.81. The number of nitrogens with zero attached hydrogens (tertiary/aromatic N) is 3. The third-order valence-corrected chi connectivity index (χ3v) is 3.56. The van der Waals surface area contributed by atoms with Gasteiger partial charge < -0.3 is 4.79 Å². The Morgan fingerprint density at radius 3 is 2.83 bits per heavy atom. The summed E-state index contributed by atoms with van der Waals surface area (Å²) in [5.74, 6) is 0.205. The van der Waals surface area contributed by atoms with E-state index in [0.29, 0.717) is 11.1 Å². The van der Waals surface area contributed by atoms with Gasteiger partial charge in [0, 0.05) is 23.9 Å². The molecule has 5 heteroatoms. The second-order valence-electron chi connectivity index (χ2n) is 4.59. The summed E-state index contributed by atoms with van der Waals surface area (Å²) in [6, 6.07) is 4.03. The Morgan fingerprint density at radius 1 is 1.33 bits per heavy atom. The monoisotopic (exact) mass is 261 g/mol. The minimum atomic E-state index is 0.205. The molecule has 0 bridgehead atoms. The highest BCUT2D eigenvalue weighted by Crippen LogP contribution is 2.36. The van der Waals surface area contributed by atoms with Crippen LogP contribution in [0.2, 0.25) is 5.02 Å². The van der Waals surface area contributed by atoms with Crippen molar-refractivity contribution in [3.05, 3.63) is 35.7 Å². The fourth-order valence-corrected chi connectivity index (χ4v) is 2.29. The first-order valence-corrected chi connectivity index (χ1v) is 6.25. The normalized spacial score (nSPS) is 22.5. The predicted octanol–water partition coefficient (Wildman–Crippen LogP) is 2.75. The highest BCUT2D eigenvalue weighted by molar-refractivity contribution is 6.30. The van der Waals surface area contributed by atoms with Crippen LogP contribution in [0, 0.1) is 5.92 Å². The number of pyridine rings is 1. The first-order valence-electron chi connectivity index (χ1n) is 5.87. The SMILES string of the molecule is O=CC1CC(n2cc(-c3ccc(Cl)cn3)cn2)C1. The summed E-state index contributed by atoms with van der Waals surface area (Å²) in [6.45, 7) is 0. The lowest BCUT2D eigenvalue weighted by Gasteiger charge is -2.31. The van der Waals surface area contributed by atoms with E-state index in [0.717, 1.165) is 30.4 Å². The molecule has 0 saturated heterocycles. The largest absolute Gasteiger partial charge is 0.303 e. The summed E-state index contributed by atoms with van der Waals surface area (Å²) in [7, 11) is 0. The highest BCUT2D eigenvalue weighted by Gasteiger charge is 2.30. The summed E-state index contributed by atoms with van der Waals surface area (Å²) in [4.78, 5) is 14.8. The van der Waals surface area contributed by atoms with E-state index in [4.69, 9.17) is 11.6 Å². The number of aromatic nitrogens is 3. The Kier molecular flexibility index (Phi) is 2.88. The number of hydrogen-bond donors (Lipinski definition) is 0. The lowest BCUT2D eigenvalue weighted by Crippen LogP contribution is -2.27. The van der Waals surface area contributed by atoms with E-state index in [-0.39, 0.29) is 5.92 Å². The predicted molar refractivity (Wildman–Crippen MR) is 68.3 cm³/mol. The maximum atomic E-state index is 10.6. The smallest absolute Gasteiger partial charge is 0.123 e. The third kappa shape index (κ3) is 2.04.